The van der Waals surface area contributed by atoms with E-state index in [0.29, 0.717) is 0 Å². The van der Waals surface area contributed by atoms with Crippen LogP contribution in [-0.2, 0) is 6.54 Å². The zero-order chi connectivity index (χ0) is 14.1. The summed E-state index contributed by atoms with van der Waals surface area (Å²) < 4.78 is 13.0. The minimum Gasteiger partial charge on any atom is -0.497 e. The number of ether oxygens (including phenoxy) is 2. The first kappa shape index (κ1) is 12.9. The summed E-state index contributed by atoms with van der Waals surface area (Å²) >= 11 is 0. The van der Waals surface area contributed by atoms with Crippen molar-refractivity contribution < 1.29 is 9.47 Å². The largest absolute Gasteiger partial charge is 0.497 e. The van der Waals surface area contributed by atoms with Crippen LogP contribution in [0.15, 0.2) is 36.4 Å². The topological polar surface area (TPSA) is 23.4 Å². The smallest absolute Gasteiger partial charge is 0.120 e. The number of nitrogens with zero attached hydrogens (tertiary/aromatic N) is 1. The van der Waals surface area contributed by atoms with Crippen molar-refractivity contribution in [2.75, 3.05) is 14.2 Å². The van der Waals surface area contributed by atoms with Crippen molar-refractivity contribution in [3.8, 4) is 11.5 Å². The maximum atomic E-state index is 5.34. The number of methoxy groups -OCH3 is 2. The van der Waals surface area contributed by atoms with Crippen LogP contribution in [0.1, 0.15) is 6.42 Å². The molecule has 0 aliphatic carbocycles. The van der Waals surface area contributed by atoms with Crippen LogP contribution >= 0.6 is 0 Å². The molecule has 1 radical (unpaired) electrons. The van der Waals surface area contributed by atoms with Gasteiger partial charge in [-0.3, -0.25) is 0 Å². The summed E-state index contributed by atoms with van der Waals surface area (Å²) in [6.07, 6.45) is 0.841. The Morgan fingerprint density at radius 2 is 1.40 bits per heavy atom. The summed E-state index contributed by atoms with van der Waals surface area (Å²) in [5.74, 6) is 1.75. The highest BCUT2D eigenvalue weighted by molar-refractivity contribution is 6.08. The summed E-state index contributed by atoms with van der Waals surface area (Å²) in [5.41, 5.74) is 2.35. The predicted molar refractivity (Wildman–Crippen MR) is 82.5 cm³/mol. The number of hydrogen-bond acceptors (Lipinski definition) is 2. The second-order valence-electron chi connectivity index (χ2n) is 4.77. The van der Waals surface area contributed by atoms with Crippen molar-refractivity contribution in [3.05, 3.63) is 43.3 Å². The van der Waals surface area contributed by atoms with E-state index in [0.717, 1.165) is 24.5 Å². The minimum absolute atomic E-state index is 0.841. The lowest BCUT2D eigenvalue weighted by atomic mass is 10.1. The van der Waals surface area contributed by atoms with Crippen LogP contribution in [0.25, 0.3) is 21.8 Å². The first-order valence-corrected chi connectivity index (χ1v) is 6.71. The molecule has 0 N–H and O–H groups in total. The highest BCUT2D eigenvalue weighted by atomic mass is 16.5. The van der Waals surface area contributed by atoms with E-state index < -0.39 is 0 Å². The Bertz CT molecular complexity index is 697. The summed E-state index contributed by atoms with van der Waals surface area (Å²) in [5, 5.41) is 2.47. The van der Waals surface area contributed by atoms with Gasteiger partial charge in [0.25, 0.3) is 0 Å². The van der Waals surface area contributed by atoms with E-state index in [2.05, 4.69) is 35.8 Å². The fraction of sp³-hybridized carbons (Fsp3) is 0.235. The number of hydrogen-bond donors (Lipinski definition) is 0. The van der Waals surface area contributed by atoms with E-state index >= 15 is 0 Å². The third-order valence-corrected chi connectivity index (χ3v) is 3.66. The Hall–Kier alpha value is -2.16. The van der Waals surface area contributed by atoms with Gasteiger partial charge < -0.3 is 14.0 Å². The molecule has 0 bridgehead atoms. The van der Waals surface area contributed by atoms with Gasteiger partial charge in [0, 0.05) is 29.4 Å². The van der Waals surface area contributed by atoms with Gasteiger partial charge in [-0.25, -0.2) is 0 Å². The molecule has 0 fully saturated rings. The molecule has 3 heteroatoms. The summed E-state index contributed by atoms with van der Waals surface area (Å²) in [4.78, 5) is 0. The van der Waals surface area contributed by atoms with Gasteiger partial charge in [0.15, 0.2) is 0 Å². The molecule has 3 aromatic rings. The van der Waals surface area contributed by atoms with Gasteiger partial charge in [0.2, 0.25) is 0 Å². The van der Waals surface area contributed by atoms with Crippen LogP contribution in [-0.4, -0.2) is 18.8 Å². The van der Waals surface area contributed by atoms with Crippen molar-refractivity contribution >= 4 is 21.8 Å². The lowest BCUT2D eigenvalue weighted by molar-refractivity contribution is 0.415. The zero-order valence-electron chi connectivity index (χ0n) is 11.8. The first-order chi connectivity index (χ1) is 9.78. The van der Waals surface area contributed by atoms with Crippen molar-refractivity contribution in [1.82, 2.24) is 4.57 Å². The lowest BCUT2D eigenvalue weighted by Crippen LogP contribution is -1.96. The lowest BCUT2D eigenvalue weighted by Gasteiger charge is -2.07. The molecule has 103 valence electrons. The van der Waals surface area contributed by atoms with E-state index in [1.54, 1.807) is 14.2 Å². The Morgan fingerprint density at radius 1 is 0.900 bits per heavy atom. The van der Waals surface area contributed by atoms with Crippen molar-refractivity contribution in [1.29, 1.82) is 0 Å². The molecule has 2 aromatic carbocycles. The van der Waals surface area contributed by atoms with Gasteiger partial charge in [0.1, 0.15) is 11.5 Å². The van der Waals surface area contributed by atoms with Crippen LogP contribution in [0.3, 0.4) is 0 Å². The monoisotopic (exact) mass is 268 g/mol. The van der Waals surface area contributed by atoms with Gasteiger partial charge in [-0.15, -0.1) is 0 Å². The molecule has 0 aliphatic heterocycles. The fourth-order valence-corrected chi connectivity index (χ4v) is 2.71. The molecule has 3 rings (SSSR count). The number of rotatable bonds is 4. The Labute approximate surface area is 118 Å². The molecule has 3 nitrogen and oxygen atoms in total. The van der Waals surface area contributed by atoms with E-state index in [-0.39, 0.29) is 0 Å². The van der Waals surface area contributed by atoms with E-state index in [1.165, 1.54) is 21.8 Å². The Kier molecular flexibility index (Phi) is 3.26. The molecule has 0 amide bonds. The normalized spacial score (nSPS) is 11.2. The first-order valence-electron chi connectivity index (χ1n) is 6.71. The maximum absolute atomic E-state index is 5.34. The molecule has 0 saturated heterocycles. The summed E-state index contributed by atoms with van der Waals surface area (Å²) in [7, 11) is 3.39. The Balaban J connectivity index is 2.38. The van der Waals surface area contributed by atoms with Crippen molar-refractivity contribution in [2.45, 2.75) is 13.0 Å². The van der Waals surface area contributed by atoms with Gasteiger partial charge in [0.05, 0.1) is 25.3 Å². The molecular weight excluding hydrogens is 250 g/mol. The molecule has 1 heterocycles. The van der Waals surface area contributed by atoms with Crippen LogP contribution in [0.4, 0.5) is 0 Å². The van der Waals surface area contributed by atoms with Gasteiger partial charge >= 0.3 is 0 Å². The third-order valence-electron chi connectivity index (χ3n) is 3.66. The van der Waals surface area contributed by atoms with Gasteiger partial charge in [-0.1, -0.05) is 6.92 Å². The molecule has 0 spiro atoms. The quantitative estimate of drug-likeness (QED) is 0.713. The molecule has 0 unspecified atom stereocenters. The maximum Gasteiger partial charge on any atom is 0.120 e. The molecule has 0 atom stereocenters. The molecule has 20 heavy (non-hydrogen) atoms. The predicted octanol–water partition coefficient (Wildman–Crippen LogP) is 4.04. The number of fused-ring (bicyclic) bond motifs is 3. The second-order valence-corrected chi connectivity index (χ2v) is 4.77. The van der Waals surface area contributed by atoms with E-state index in [1.807, 2.05) is 12.1 Å². The summed E-state index contributed by atoms with van der Waals surface area (Å²) in [6, 6.07) is 12.4. The second kappa shape index (κ2) is 5.08. The average Bonchev–Trinajstić information content (AvgIpc) is 2.80. The van der Waals surface area contributed by atoms with E-state index in [9.17, 15) is 0 Å². The number of aryl methyl sites for hydroxylation is 1. The molecule has 0 aliphatic rings. The van der Waals surface area contributed by atoms with Gasteiger partial charge in [-0.05, 0) is 30.7 Å². The standard InChI is InChI=1S/C17H18NO2/c1-4-9-18-16-10-12(19-2)5-7-14(16)15-8-6-13(20-3)11-17(15)18/h5-8,10-11H,1,4,9H2,2-3H3. The molecular formula is C17H18NO2. The van der Waals surface area contributed by atoms with Crippen LogP contribution < -0.4 is 9.47 Å². The number of benzene rings is 2. The Morgan fingerprint density at radius 3 is 1.80 bits per heavy atom. The minimum atomic E-state index is 0.841. The summed E-state index contributed by atoms with van der Waals surface area (Å²) in [6.45, 7) is 4.85. The number of aromatic nitrogens is 1. The fourth-order valence-electron chi connectivity index (χ4n) is 2.71. The highest BCUT2D eigenvalue weighted by Crippen LogP contribution is 2.33. The van der Waals surface area contributed by atoms with Crippen LogP contribution in [0.5, 0.6) is 11.5 Å². The zero-order valence-corrected chi connectivity index (χ0v) is 11.8. The van der Waals surface area contributed by atoms with Crippen LogP contribution in [0, 0.1) is 6.92 Å². The highest BCUT2D eigenvalue weighted by Gasteiger charge is 2.11. The van der Waals surface area contributed by atoms with Crippen molar-refractivity contribution in [3.63, 3.8) is 0 Å². The van der Waals surface area contributed by atoms with Gasteiger partial charge in [-0.2, -0.15) is 0 Å². The molecule has 0 saturated carbocycles. The van der Waals surface area contributed by atoms with E-state index in [4.69, 9.17) is 9.47 Å². The van der Waals surface area contributed by atoms with Crippen LogP contribution in [0.2, 0.25) is 0 Å². The third kappa shape index (κ3) is 1.90. The molecule has 1 aromatic heterocycles. The average molecular weight is 268 g/mol. The van der Waals surface area contributed by atoms with Crippen molar-refractivity contribution in [2.24, 2.45) is 0 Å². The SMILES string of the molecule is [CH2]CCn1c2cc(OC)ccc2c2ccc(OC)cc21.